The number of ether oxygens (including phenoxy) is 1. The number of benzene rings is 1. The molecular weight excluding hydrogens is 385 g/mol. The molecule has 8 heteroatoms. The Bertz CT molecular complexity index is 1070. The van der Waals surface area contributed by atoms with Gasteiger partial charge < -0.3 is 9.64 Å². The summed E-state index contributed by atoms with van der Waals surface area (Å²) in [5, 5.41) is 8.05. The van der Waals surface area contributed by atoms with E-state index in [4.69, 9.17) is 4.74 Å². The molecule has 3 heterocycles. The zero-order valence-corrected chi connectivity index (χ0v) is 16.8. The molecule has 5 rings (SSSR count). The Morgan fingerprint density at radius 1 is 1.17 bits per heavy atom. The van der Waals surface area contributed by atoms with Crippen LogP contribution < -0.4 is 4.74 Å². The van der Waals surface area contributed by atoms with Gasteiger partial charge >= 0.3 is 0 Å². The quantitative estimate of drug-likeness (QED) is 0.664. The van der Waals surface area contributed by atoms with Gasteiger partial charge in [0.25, 0.3) is 5.91 Å². The molecule has 2 fully saturated rings. The van der Waals surface area contributed by atoms with E-state index in [0.717, 1.165) is 23.2 Å². The number of pyridine rings is 1. The van der Waals surface area contributed by atoms with Crippen molar-refractivity contribution in [1.29, 1.82) is 0 Å². The molecule has 1 saturated carbocycles. The zero-order valence-electron chi connectivity index (χ0n) is 16.8. The highest BCUT2D eigenvalue weighted by Gasteiger charge is 2.53. The van der Waals surface area contributed by atoms with Crippen LogP contribution in [0.4, 0.5) is 4.39 Å². The average Bonchev–Trinajstić information content (AvgIpc) is 3.46. The summed E-state index contributed by atoms with van der Waals surface area (Å²) >= 11 is 0. The highest BCUT2D eigenvalue weighted by atomic mass is 19.1. The molecular formula is C22H22FN5O2. The van der Waals surface area contributed by atoms with E-state index >= 15 is 0 Å². The van der Waals surface area contributed by atoms with Crippen LogP contribution in [0.3, 0.4) is 0 Å². The van der Waals surface area contributed by atoms with Gasteiger partial charge in [0.2, 0.25) is 5.88 Å². The van der Waals surface area contributed by atoms with E-state index in [-0.39, 0.29) is 35.3 Å². The molecule has 2 aliphatic rings. The summed E-state index contributed by atoms with van der Waals surface area (Å²) < 4.78 is 20.8. The molecule has 3 aromatic rings. The average molecular weight is 407 g/mol. The largest absolute Gasteiger partial charge is 0.472 e. The minimum Gasteiger partial charge on any atom is -0.472 e. The molecule has 0 radical (unpaired) electrons. The van der Waals surface area contributed by atoms with E-state index in [1.807, 2.05) is 30.9 Å². The van der Waals surface area contributed by atoms with Crippen molar-refractivity contribution in [2.75, 3.05) is 0 Å². The Balaban J connectivity index is 1.45. The SMILES string of the molecule is Cc1ccc(OC2CC3CC2N(C(=O)c2cccc(F)c2-n2nccn2)C3C)nc1. The lowest BCUT2D eigenvalue weighted by Crippen LogP contribution is -2.51. The van der Waals surface area contributed by atoms with Crippen molar-refractivity contribution in [3.63, 3.8) is 0 Å². The number of amides is 1. The van der Waals surface area contributed by atoms with E-state index in [0.29, 0.717) is 11.8 Å². The number of para-hydroxylation sites is 1. The van der Waals surface area contributed by atoms with Gasteiger partial charge in [0.1, 0.15) is 11.8 Å². The zero-order chi connectivity index (χ0) is 20.8. The second-order valence-electron chi connectivity index (χ2n) is 8.04. The van der Waals surface area contributed by atoms with Crippen LogP contribution in [0.2, 0.25) is 0 Å². The van der Waals surface area contributed by atoms with Crippen LogP contribution in [0, 0.1) is 18.7 Å². The van der Waals surface area contributed by atoms with Crippen molar-refractivity contribution >= 4 is 5.91 Å². The standard InChI is InChI=1S/C22H22FN5O2/c1-13-6-7-20(24-12-13)30-19-11-15-10-18(19)27(14(15)2)22(29)16-4-3-5-17(23)21(16)28-25-8-9-26-28/h3-9,12,14-15,18-19H,10-11H2,1-2H3. The number of likely N-dealkylation sites (tertiary alicyclic amines) is 1. The Morgan fingerprint density at radius 3 is 2.67 bits per heavy atom. The van der Waals surface area contributed by atoms with Crippen molar-refractivity contribution in [1.82, 2.24) is 24.9 Å². The number of aryl methyl sites for hydroxylation is 1. The lowest BCUT2D eigenvalue weighted by molar-refractivity contribution is 0.0313. The topological polar surface area (TPSA) is 73.1 Å². The van der Waals surface area contributed by atoms with Gasteiger partial charge in [-0.1, -0.05) is 12.1 Å². The molecule has 7 nitrogen and oxygen atoms in total. The number of piperidine rings is 1. The summed E-state index contributed by atoms with van der Waals surface area (Å²) in [5.41, 5.74) is 1.38. The summed E-state index contributed by atoms with van der Waals surface area (Å²) in [6.07, 6.45) is 6.30. The van der Waals surface area contributed by atoms with Crippen LogP contribution in [0.5, 0.6) is 5.88 Å². The molecule has 30 heavy (non-hydrogen) atoms. The fourth-order valence-corrected chi connectivity index (χ4v) is 4.73. The summed E-state index contributed by atoms with van der Waals surface area (Å²) in [6, 6.07) is 8.25. The number of hydrogen-bond acceptors (Lipinski definition) is 5. The summed E-state index contributed by atoms with van der Waals surface area (Å²) in [6.45, 7) is 4.02. The van der Waals surface area contributed by atoms with Crippen LogP contribution in [-0.2, 0) is 0 Å². The lowest BCUT2D eigenvalue weighted by atomic mass is 9.98. The first kappa shape index (κ1) is 18.7. The third-order valence-corrected chi connectivity index (χ3v) is 6.21. The minimum atomic E-state index is -0.536. The fraction of sp³-hybridized carbons (Fsp3) is 0.364. The first-order valence-electron chi connectivity index (χ1n) is 10.1. The van der Waals surface area contributed by atoms with Crippen LogP contribution in [0.25, 0.3) is 5.69 Å². The van der Waals surface area contributed by atoms with Gasteiger partial charge in [-0.2, -0.15) is 10.2 Å². The smallest absolute Gasteiger partial charge is 0.256 e. The van der Waals surface area contributed by atoms with Crippen molar-refractivity contribution < 1.29 is 13.9 Å². The maximum atomic E-state index is 14.6. The lowest BCUT2D eigenvalue weighted by Gasteiger charge is -2.38. The van der Waals surface area contributed by atoms with Crippen LogP contribution in [0.1, 0.15) is 35.7 Å². The van der Waals surface area contributed by atoms with Gasteiger partial charge in [-0.05, 0) is 50.3 Å². The predicted molar refractivity (Wildman–Crippen MR) is 107 cm³/mol. The number of carbonyl (C=O) groups excluding carboxylic acids is 1. The van der Waals surface area contributed by atoms with E-state index in [9.17, 15) is 9.18 Å². The molecule has 1 amide bonds. The Kier molecular flexibility index (Phi) is 4.49. The number of halogens is 1. The molecule has 0 N–H and O–H groups in total. The summed E-state index contributed by atoms with van der Waals surface area (Å²) in [4.78, 5) is 20.9. The summed E-state index contributed by atoms with van der Waals surface area (Å²) in [7, 11) is 0. The van der Waals surface area contributed by atoms with Crippen LogP contribution in [0.15, 0.2) is 48.9 Å². The number of fused-ring (bicyclic) bond motifs is 2. The first-order chi connectivity index (χ1) is 14.5. The maximum absolute atomic E-state index is 14.6. The Morgan fingerprint density at radius 2 is 1.97 bits per heavy atom. The van der Waals surface area contributed by atoms with Crippen molar-refractivity contribution in [2.45, 2.75) is 44.9 Å². The molecule has 1 saturated heterocycles. The predicted octanol–water partition coefficient (Wildman–Crippen LogP) is 3.18. The van der Waals surface area contributed by atoms with Gasteiger partial charge in [0, 0.05) is 18.3 Å². The number of nitrogens with zero attached hydrogens (tertiary/aromatic N) is 5. The molecule has 2 aromatic heterocycles. The van der Waals surface area contributed by atoms with E-state index in [1.54, 1.807) is 18.3 Å². The molecule has 0 spiro atoms. The number of carbonyl (C=O) groups is 1. The Hall–Kier alpha value is -3.29. The third-order valence-electron chi connectivity index (χ3n) is 6.21. The van der Waals surface area contributed by atoms with Gasteiger partial charge in [-0.3, -0.25) is 4.79 Å². The maximum Gasteiger partial charge on any atom is 0.256 e. The highest BCUT2D eigenvalue weighted by Crippen LogP contribution is 2.44. The number of rotatable bonds is 4. The molecule has 4 atom stereocenters. The second kappa shape index (κ2) is 7.19. The normalized spacial score (nSPS) is 25.0. The molecule has 1 aliphatic carbocycles. The monoisotopic (exact) mass is 407 g/mol. The van der Waals surface area contributed by atoms with E-state index in [2.05, 4.69) is 15.2 Å². The minimum absolute atomic E-state index is 0.0509. The molecule has 4 unspecified atom stereocenters. The van der Waals surface area contributed by atoms with Crippen LogP contribution in [-0.4, -0.2) is 49.0 Å². The highest BCUT2D eigenvalue weighted by molar-refractivity contribution is 5.98. The van der Waals surface area contributed by atoms with Gasteiger partial charge in [-0.25, -0.2) is 9.37 Å². The molecule has 2 bridgehead atoms. The number of hydrogen-bond donors (Lipinski definition) is 0. The second-order valence-corrected chi connectivity index (χ2v) is 8.04. The van der Waals surface area contributed by atoms with Gasteiger partial charge in [0.05, 0.1) is 24.0 Å². The molecule has 1 aliphatic heterocycles. The first-order valence-corrected chi connectivity index (χ1v) is 10.1. The summed E-state index contributed by atoms with van der Waals surface area (Å²) in [5.74, 6) is 0.136. The number of aromatic nitrogens is 4. The van der Waals surface area contributed by atoms with Crippen molar-refractivity contribution in [2.24, 2.45) is 5.92 Å². The van der Waals surface area contributed by atoms with Gasteiger partial charge in [-0.15, -0.1) is 4.80 Å². The Labute approximate surface area is 173 Å². The molecule has 1 aromatic carbocycles. The molecule has 154 valence electrons. The third kappa shape index (κ3) is 3.03. The fourth-order valence-electron chi connectivity index (χ4n) is 4.73. The van der Waals surface area contributed by atoms with E-state index in [1.165, 1.54) is 18.5 Å². The van der Waals surface area contributed by atoms with Crippen molar-refractivity contribution in [3.8, 4) is 11.6 Å². The van der Waals surface area contributed by atoms with E-state index < -0.39 is 5.82 Å². The van der Waals surface area contributed by atoms with Crippen molar-refractivity contribution in [3.05, 3.63) is 65.9 Å². The van der Waals surface area contributed by atoms with Gasteiger partial charge in [0.15, 0.2) is 5.82 Å². The van der Waals surface area contributed by atoms with Crippen LogP contribution >= 0.6 is 0 Å².